The molecule has 3 rings (SSSR count). The van der Waals surface area contributed by atoms with E-state index < -0.39 is 31.3 Å². The molecular formula is C17H28F3NO4S2. The van der Waals surface area contributed by atoms with Crippen molar-refractivity contribution in [2.45, 2.75) is 69.7 Å². The summed E-state index contributed by atoms with van der Waals surface area (Å²) in [4.78, 5) is 0. The molecule has 0 spiro atoms. The zero-order valence-corrected chi connectivity index (χ0v) is 16.9. The smallest absolute Gasteiger partial charge is 0.211 e. The monoisotopic (exact) mass is 431 g/mol. The second-order valence-electron chi connectivity index (χ2n) is 8.46. The highest BCUT2D eigenvalue weighted by Crippen LogP contribution is 2.54. The van der Waals surface area contributed by atoms with E-state index in [-0.39, 0.29) is 12.3 Å². The molecule has 3 saturated carbocycles. The lowest BCUT2D eigenvalue weighted by molar-refractivity contribution is -0.0441. The maximum absolute atomic E-state index is 12.5. The molecule has 0 saturated heterocycles. The van der Waals surface area contributed by atoms with Gasteiger partial charge in [-0.2, -0.15) is 13.2 Å². The molecule has 0 heterocycles. The average Bonchev–Trinajstić information content (AvgIpc) is 2.56. The fraction of sp³-hybridized carbons (Fsp3) is 1.00. The Kier molecular flexibility index (Phi) is 6.18. The van der Waals surface area contributed by atoms with Gasteiger partial charge in [-0.15, -0.1) is 4.13 Å². The molecule has 5 nitrogen and oxygen atoms in total. The maximum atomic E-state index is 12.5. The molecule has 0 aromatic carbocycles. The van der Waals surface area contributed by atoms with Crippen LogP contribution in [0.5, 0.6) is 0 Å². The third-order valence-corrected chi connectivity index (χ3v) is 10.2. The first-order valence-electron chi connectivity index (χ1n) is 9.83. The first kappa shape index (κ1) is 21.4. The standard InChI is InChI=1S/C17H28F3NO4S2/c18-17(19,20)27(24,25)21-26(22,23)10-9-16-14-7-3-1-5-12(14)11-13-6-2-4-8-15(13)16/h12-16,21H,1-11H2. The zero-order chi connectivity index (χ0) is 19.9. The number of nitrogens with one attached hydrogen (secondary N) is 1. The van der Waals surface area contributed by atoms with Crippen LogP contribution in [0.4, 0.5) is 13.2 Å². The highest BCUT2D eigenvalue weighted by atomic mass is 32.3. The summed E-state index contributed by atoms with van der Waals surface area (Å²) >= 11 is 0. The molecule has 0 aromatic heterocycles. The van der Waals surface area contributed by atoms with Crippen molar-refractivity contribution in [2.75, 3.05) is 5.75 Å². The largest absolute Gasteiger partial charge is 0.512 e. The average molecular weight is 432 g/mol. The molecule has 4 unspecified atom stereocenters. The van der Waals surface area contributed by atoms with E-state index in [4.69, 9.17) is 0 Å². The lowest BCUT2D eigenvalue weighted by Crippen LogP contribution is -2.45. The number of rotatable bonds is 5. The van der Waals surface area contributed by atoms with Crippen molar-refractivity contribution in [1.82, 2.24) is 4.13 Å². The van der Waals surface area contributed by atoms with Gasteiger partial charge >= 0.3 is 15.5 Å². The molecule has 0 aromatic rings. The molecule has 0 amide bonds. The summed E-state index contributed by atoms with van der Waals surface area (Å²) in [5, 5.41) is 0. The van der Waals surface area contributed by atoms with E-state index >= 15 is 0 Å². The Morgan fingerprint density at radius 2 is 1.30 bits per heavy atom. The molecule has 27 heavy (non-hydrogen) atoms. The fourth-order valence-corrected chi connectivity index (χ4v) is 8.50. The molecular weight excluding hydrogens is 403 g/mol. The molecule has 10 heteroatoms. The van der Waals surface area contributed by atoms with Crippen LogP contribution in [0.15, 0.2) is 0 Å². The van der Waals surface area contributed by atoms with Crippen molar-refractivity contribution in [2.24, 2.45) is 29.6 Å². The Hall–Kier alpha value is -0.350. The highest BCUT2D eigenvalue weighted by Gasteiger charge is 2.49. The van der Waals surface area contributed by atoms with Crippen LogP contribution in [0.2, 0.25) is 0 Å². The van der Waals surface area contributed by atoms with Gasteiger partial charge in [0, 0.05) is 0 Å². The van der Waals surface area contributed by atoms with Gasteiger partial charge in [0.25, 0.3) is 0 Å². The zero-order valence-electron chi connectivity index (χ0n) is 15.2. The van der Waals surface area contributed by atoms with E-state index in [0.29, 0.717) is 23.7 Å². The van der Waals surface area contributed by atoms with Gasteiger partial charge < -0.3 is 0 Å². The summed E-state index contributed by atoms with van der Waals surface area (Å²) in [5.74, 6) is 1.61. The van der Waals surface area contributed by atoms with Crippen LogP contribution in [0.25, 0.3) is 0 Å². The minimum atomic E-state index is -5.89. The number of hydrogen-bond donors (Lipinski definition) is 1. The van der Waals surface area contributed by atoms with E-state index in [9.17, 15) is 30.0 Å². The molecule has 3 aliphatic rings. The molecule has 3 fully saturated rings. The molecule has 0 aliphatic heterocycles. The summed E-state index contributed by atoms with van der Waals surface area (Å²) in [6.45, 7) is 0. The predicted octanol–water partition coefficient (Wildman–Crippen LogP) is 3.78. The quantitative estimate of drug-likeness (QED) is 0.718. The van der Waals surface area contributed by atoms with Gasteiger partial charge in [0.05, 0.1) is 5.75 Å². The summed E-state index contributed by atoms with van der Waals surface area (Å²) in [6.07, 6.45) is 10.4. The first-order chi connectivity index (χ1) is 12.5. The molecule has 158 valence electrons. The van der Waals surface area contributed by atoms with Gasteiger partial charge in [-0.25, -0.2) is 16.8 Å². The lowest BCUT2D eigenvalue weighted by atomic mass is 9.54. The van der Waals surface area contributed by atoms with Crippen LogP contribution in [0.1, 0.15) is 64.2 Å². The van der Waals surface area contributed by atoms with E-state index in [2.05, 4.69) is 0 Å². The summed E-state index contributed by atoms with van der Waals surface area (Å²) in [5.41, 5.74) is -5.63. The van der Waals surface area contributed by atoms with Crippen molar-refractivity contribution in [3.8, 4) is 0 Å². The van der Waals surface area contributed by atoms with Crippen LogP contribution >= 0.6 is 0 Å². The van der Waals surface area contributed by atoms with E-state index in [1.807, 2.05) is 0 Å². The normalized spacial score (nSPS) is 35.3. The highest BCUT2D eigenvalue weighted by molar-refractivity contribution is 8.05. The van der Waals surface area contributed by atoms with Crippen molar-refractivity contribution >= 4 is 20.0 Å². The lowest BCUT2D eigenvalue weighted by Gasteiger charge is -2.51. The van der Waals surface area contributed by atoms with E-state index in [1.165, 1.54) is 19.3 Å². The number of hydrogen-bond acceptors (Lipinski definition) is 4. The minimum absolute atomic E-state index is 0.166. The molecule has 1 N–H and O–H groups in total. The third-order valence-electron chi connectivity index (χ3n) is 6.90. The van der Waals surface area contributed by atoms with Crippen LogP contribution in [-0.2, 0) is 20.0 Å². The first-order valence-corrected chi connectivity index (χ1v) is 13.0. The van der Waals surface area contributed by atoms with Crippen LogP contribution < -0.4 is 4.13 Å². The number of alkyl halides is 3. The summed E-state index contributed by atoms with van der Waals surface area (Å²) < 4.78 is 84.8. The van der Waals surface area contributed by atoms with Gasteiger partial charge in [0.1, 0.15) is 0 Å². The van der Waals surface area contributed by atoms with Gasteiger partial charge in [-0.05, 0) is 55.3 Å². The van der Waals surface area contributed by atoms with Crippen LogP contribution in [0.3, 0.4) is 0 Å². The predicted molar refractivity (Wildman–Crippen MR) is 95.5 cm³/mol. The fourth-order valence-electron chi connectivity index (χ4n) is 5.87. The minimum Gasteiger partial charge on any atom is -0.211 e. The van der Waals surface area contributed by atoms with Crippen LogP contribution in [-0.4, -0.2) is 28.1 Å². The third kappa shape index (κ3) is 4.80. The number of fused-ring (bicyclic) bond motifs is 2. The van der Waals surface area contributed by atoms with Gasteiger partial charge in [-0.3, -0.25) is 0 Å². The van der Waals surface area contributed by atoms with E-state index in [1.54, 1.807) is 0 Å². The van der Waals surface area contributed by atoms with Gasteiger partial charge in [-0.1, -0.05) is 38.5 Å². The Bertz CT molecular complexity index is 714. The Labute approximate surface area is 159 Å². The van der Waals surface area contributed by atoms with Crippen molar-refractivity contribution in [3.63, 3.8) is 0 Å². The van der Waals surface area contributed by atoms with Gasteiger partial charge in [0.2, 0.25) is 10.0 Å². The van der Waals surface area contributed by atoms with E-state index in [0.717, 1.165) is 42.7 Å². The topological polar surface area (TPSA) is 80.3 Å². The summed E-state index contributed by atoms with van der Waals surface area (Å²) in [7, 11) is -10.4. The number of sulfonamides is 2. The second-order valence-corrected chi connectivity index (χ2v) is 12.2. The van der Waals surface area contributed by atoms with Crippen molar-refractivity contribution in [3.05, 3.63) is 0 Å². The van der Waals surface area contributed by atoms with Crippen LogP contribution in [0, 0.1) is 29.6 Å². The summed E-state index contributed by atoms with van der Waals surface area (Å²) in [6, 6.07) is 0. The van der Waals surface area contributed by atoms with Gasteiger partial charge in [0.15, 0.2) is 0 Å². The Balaban J connectivity index is 1.72. The molecule has 0 bridgehead atoms. The second kappa shape index (κ2) is 7.82. The molecule has 0 radical (unpaired) electrons. The Morgan fingerprint density at radius 3 is 1.78 bits per heavy atom. The number of halogens is 3. The Morgan fingerprint density at radius 1 is 0.815 bits per heavy atom. The maximum Gasteiger partial charge on any atom is 0.512 e. The van der Waals surface area contributed by atoms with Crippen molar-refractivity contribution in [1.29, 1.82) is 0 Å². The molecule has 3 aliphatic carbocycles. The SMILES string of the molecule is O=S(=O)(CCC1C2CCCCC2CC2CCCCC21)NS(=O)(=O)C(F)(F)F. The molecule has 4 atom stereocenters. The van der Waals surface area contributed by atoms with Crippen molar-refractivity contribution < 1.29 is 30.0 Å².